The van der Waals surface area contributed by atoms with E-state index in [0.717, 1.165) is 43.8 Å². The van der Waals surface area contributed by atoms with E-state index in [-0.39, 0.29) is 11.7 Å². The van der Waals surface area contributed by atoms with Crippen LogP contribution < -0.4 is 0 Å². The number of allylic oxidation sites excluding steroid dienone is 1. The van der Waals surface area contributed by atoms with Crippen LogP contribution in [0.3, 0.4) is 0 Å². The van der Waals surface area contributed by atoms with Gasteiger partial charge in [-0.05, 0) is 36.6 Å². The summed E-state index contributed by atoms with van der Waals surface area (Å²) < 4.78 is 37.6. The second kappa shape index (κ2) is 5.20. The van der Waals surface area contributed by atoms with Gasteiger partial charge in [0, 0.05) is 31.1 Å². The zero-order chi connectivity index (χ0) is 15.0. The van der Waals surface area contributed by atoms with Crippen molar-refractivity contribution < 1.29 is 18.0 Å². The Labute approximate surface area is 121 Å². The van der Waals surface area contributed by atoms with Crippen molar-refractivity contribution in [2.24, 2.45) is 5.92 Å². The van der Waals surface area contributed by atoms with E-state index in [4.69, 9.17) is 0 Å². The molecule has 0 aliphatic carbocycles. The molecular formula is C16H16F3NO. The molecule has 3 heterocycles. The lowest BCUT2D eigenvalue weighted by Gasteiger charge is -2.29. The van der Waals surface area contributed by atoms with E-state index in [1.807, 2.05) is 6.08 Å². The molecule has 1 aromatic carbocycles. The molecule has 0 atom stereocenters. The van der Waals surface area contributed by atoms with E-state index in [2.05, 4.69) is 4.90 Å². The van der Waals surface area contributed by atoms with Crippen molar-refractivity contribution in [2.45, 2.75) is 25.4 Å². The lowest BCUT2D eigenvalue weighted by atomic mass is 9.94. The van der Waals surface area contributed by atoms with Gasteiger partial charge in [-0.15, -0.1) is 0 Å². The molecule has 2 nitrogen and oxygen atoms in total. The number of rotatable bonds is 1. The molecule has 5 heteroatoms. The average molecular weight is 295 g/mol. The third kappa shape index (κ3) is 2.96. The fourth-order valence-corrected chi connectivity index (χ4v) is 3.03. The molecule has 2 bridgehead atoms. The molecule has 0 N–H and O–H groups in total. The molecule has 0 radical (unpaired) electrons. The normalized spacial score (nSPS) is 22.0. The van der Waals surface area contributed by atoms with E-state index in [1.165, 1.54) is 12.1 Å². The molecule has 4 rings (SSSR count). The smallest absolute Gasteiger partial charge is 0.374 e. The van der Waals surface area contributed by atoms with Gasteiger partial charge in [0.25, 0.3) is 0 Å². The average Bonchev–Trinajstić information content (AvgIpc) is 2.68. The molecule has 21 heavy (non-hydrogen) atoms. The van der Waals surface area contributed by atoms with E-state index in [1.54, 1.807) is 0 Å². The van der Waals surface area contributed by atoms with Crippen LogP contribution in [0.1, 0.15) is 30.4 Å². The minimum Gasteiger partial charge on any atom is -0.374 e. The molecule has 3 aliphatic heterocycles. The number of carbonyl (C=O) groups excluding carboxylic acids is 1. The number of piperidine rings is 1. The number of ketones is 1. The summed E-state index contributed by atoms with van der Waals surface area (Å²) in [7, 11) is 0. The minimum atomic E-state index is -4.31. The first-order valence-electron chi connectivity index (χ1n) is 7.09. The van der Waals surface area contributed by atoms with Gasteiger partial charge in [-0.2, -0.15) is 13.2 Å². The zero-order valence-corrected chi connectivity index (χ0v) is 11.5. The number of benzene rings is 1. The monoisotopic (exact) mass is 295 g/mol. The van der Waals surface area contributed by atoms with Gasteiger partial charge in [-0.1, -0.05) is 12.1 Å². The van der Waals surface area contributed by atoms with Crippen LogP contribution in [0, 0.1) is 5.92 Å². The molecule has 112 valence electrons. The van der Waals surface area contributed by atoms with Crippen LogP contribution in [0.25, 0.3) is 6.08 Å². The molecule has 3 fully saturated rings. The Morgan fingerprint density at radius 1 is 1.10 bits per heavy atom. The SMILES string of the molecule is O=C1C/C(=C\c2ccc(C(F)(F)F)cc2)N2CCC1CC2. The summed E-state index contributed by atoms with van der Waals surface area (Å²) in [6, 6.07) is 5.08. The Morgan fingerprint density at radius 2 is 1.71 bits per heavy atom. The van der Waals surface area contributed by atoms with Crippen molar-refractivity contribution in [1.82, 2.24) is 4.90 Å². The maximum atomic E-state index is 12.5. The standard InChI is InChI=1S/C16H16F3NO/c17-16(18,19)13-3-1-11(2-4-13)9-14-10-15(21)12-5-7-20(14)8-6-12/h1-4,9,12H,5-8,10H2/b14-9+. The Balaban J connectivity index is 1.85. The molecular weight excluding hydrogens is 279 g/mol. The Kier molecular flexibility index (Phi) is 3.51. The van der Waals surface area contributed by atoms with Crippen LogP contribution in [0.15, 0.2) is 30.0 Å². The Hall–Kier alpha value is -1.78. The van der Waals surface area contributed by atoms with Crippen molar-refractivity contribution in [2.75, 3.05) is 13.1 Å². The molecule has 1 aromatic rings. The van der Waals surface area contributed by atoms with Gasteiger partial charge < -0.3 is 4.90 Å². The summed E-state index contributed by atoms with van der Waals surface area (Å²) in [5, 5.41) is 0. The van der Waals surface area contributed by atoms with Crippen LogP contribution in [0.4, 0.5) is 13.2 Å². The number of hydrogen-bond acceptors (Lipinski definition) is 2. The first-order valence-corrected chi connectivity index (χ1v) is 7.09. The van der Waals surface area contributed by atoms with Gasteiger partial charge in [-0.25, -0.2) is 0 Å². The fourth-order valence-electron chi connectivity index (χ4n) is 3.03. The lowest BCUT2D eigenvalue weighted by Crippen LogP contribution is -2.30. The van der Waals surface area contributed by atoms with E-state index in [0.29, 0.717) is 12.0 Å². The third-order valence-corrected chi connectivity index (χ3v) is 4.28. The first kappa shape index (κ1) is 14.2. The molecule has 0 amide bonds. The number of carbonyl (C=O) groups is 1. The quantitative estimate of drug-likeness (QED) is 0.787. The van der Waals surface area contributed by atoms with Crippen molar-refractivity contribution in [3.8, 4) is 0 Å². The number of fused-ring (bicyclic) bond motifs is 4. The summed E-state index contributed by atoms with van der Waals surface area (Å²) in [6.07, 6.45) is -0.296. The summed E-state index contributed by atoms with van der Waals surface area (Å²) in [5.74, 6) is 0.424. The predicted octanol–water partition coefficient (Wildman–Crippen LogP) is 3.73. The summed E-state index contributed by atoms with van der Waals surface area (Å²) in [6.45, 7) is 1.73. The highest BCUT2D eigenvalue weighted by Gasteiger charge is 2.32. The van der Waals surface area contributed by atoms with Crippen LogP contribution in [0.2, 0.25) is 0 Å². The topological polar surface area (TPSA) is 20.3 Å². The van der Waals surface area contributed by atoms with Gasteiger partial charge >= 0.3 is 6.18 Å². The van der Waals surface area contributed by atoms with Gasteiger partial charge in [0.05, 0.1) is 5.56 Å². The number of halogens is 3. The number of hydrogen-bond donors (Lipinski definition) is 0. The number of nitrogens with zero attached hydrogens (tertiary/aromatic N) is 1. The highest BCUT2D eigenvalue weighted by atomic mass is 19.4. The van der Waals surface area contributed by atoms with E-state index in [9.17, 15) is 18.0 Å². The lowest BCUT2D eigenvalue weighted by molar-refractivity contribution is -0.137. The maximum Gasteiger partial charge on any atom is 0.416 e. The largest absolute Gasteiger partial charge is 0.416 e. The van der Waals surface area contributed by atoms with Gasteiger partial charge in [-0.3, -0.25) is 4.79 Å². The molecule has 3 aliphatic rings. The van der Waals surface area contributed by atoms with Gasteiger partial charge in [0.2, 0.25) is 0 Å². The van der Waals surface area contributed by atoms with Crippen LogP contribution >= 0.6 is 0 Å². The highest BCUT2D eigenvalue weighted by Crippen LogP contribution is 2.32. The molecule has 0 spiro atoms. The number of alkyl halides is 3. The second-order valence-electron chi connectivity index (χ2n) is 5.66. The molecule has 3 saturated heterocycles. The third-order valence-electron chi connectivity index (χ3n) is 4.28. The summed E-state index contributed by atoms with van der Waals surface area (Å²) in [5.41, 5.74) is 0.985. The Bertz CT molecular complexity index is 566. The van der Waals surface area contributed by atoms with Gasteiger partial charge in [0.1, 0.15) is 5.78 Å². The molecule has 0 saturated carbocycles. The van der Waals surface area contributed by atoms with Crippen molar-refractivity contribution >= 4 is 11.9 Å². The number of Topliss-reactive ketones (excluding diaryl/α,β-unsaturated/α-hetero) is 1. The molecule has 0 unspecified atom stereocenters. The van der Waals surface area contributed by atoms with Gasteiger partial charge in [0.15, 0.2) is 0 Å². The molecule has 0 aromatic heterocycles. The Morgan fingerprint density at radius 3 is 2.29 bits per heavy atom. The minimum absolute atomic E-state index is 0.166. The maximum absolute atomic E-state index is 12.5. The fraction of sp³-hybridized carbons (Fsp3) is 0.438. The van der Waals surface area contributed by atoms with Crippen LogP contribution in [0.5, 0.6) is 0 Å². The second-order valence-corrected chi connectivity index (χ2v) is 5.66. The zero-order valence-electron chi connectivity index (χ0n) is 11.5. The van der Waals surface area contributed by atoms with Crippen molar-refractivity contribution in [3.63, 3.8) is 0 Å². The summed E-state index contributed by atoms with van der Waals surface area (Å²) in [4.78, 5) is 14.2. The van der Waals surface area contributed by atoms with Crippen molar-refractivity contribution in [1.29, 1.82) is 0 Å². The predicted molar refractivity (Wildman–Crippen MR) is 73.3 cm³/mol. The summed E-state index contributed by atoms with van der Waals surface area (Å²) >= 11 is 0. The van der Waals surface area contributed by atoms with E-state index >= 15 is 0 Å². The van der Waals surface area contributed by atoms with E-state index < -0.39 is 11.7 Å². The first-order chi connectivity index (χ1) is 9.93. The highest BCUT2D eigenvalue weighted by molar-refractivity contribution is 5.85. The van der Waals surface area contributed by atoms with Crippen LogP contribution in [-0.4, -0.2) is 23.8 Å². The van der Waals surface area contributed by atoms with Crippen LogP contribution in [-0.2, 0) is 11.0 Å². The van der Waals surface area contributed by atoms with Crippen molar-refractivity contribution in [3.05, 3.63) is 41.1 Å².